The van der Waals surface area contributed by atoms with Crippen molar-refractivity contribution in [3.63, 3.8) is 0 Å². The van der Waals surface area contributed by atoms with Crippen LogP contribution in [0.1, 0.15) is 29.7 Å². The fourth-order valence-corrected chi connectivity index (χ4v) is 4.70. The Morgan fingerprint density at radius 2 is 1.93 bits per heavy atom. The SMILES string of the molecule is CC1=C(C(=O)N2CCc3ccccc3C2)C(c2cccc(Cl)c2)n2ncc(Cl)c2N1. The zero-order valence-electron chi connectivity index (χ0n) is 16.4. The number of nitrogens with zero attached hydrogens (tertiary/aromatic N) is 3. The number of rotatable bonds is 2. The predicted octanol–water partition coefficient (Wildman–Crippen LogP) is 5.06. The molecule has 0 aliphatic carbocycles. The predicted molar refractivity (Wildman–Crippen MR) is 119 cm³/mol. The molecule has 2 aromatic carbocycles. The molecule has 0 saturated heterocycles. The van der Waals surface area contributed by atoms with Gasteiger partial charge in [-0.1, -0.05) is 59.6 Å². The zero-order chi connectivity index (χ0) is 20.8. The van der Waals surface area contributed by atoms with Crippen LogP contribution in [0.3, 0.4) is 0 Å². The van der Waals surface area contributed by atoms with Crippen LogP contribution < -0.4 is 5.32 Å². The average Bonchev–Trinajstić information content (AvgIpc) is 3.12. The summed E-state index contributed by atoms with van der Waals surface area (Å²) in [4.78, 5) is 15.7. The molecule has 3 aromatic rings. The Balaban J connectivity index is 1.58. The van der Waals surface area contributed by atoms with Gasteiger partial charge in [-0.3, -0.25) is 4.79 Å². The van der Waals surface area contributed by atoms with Gasteiger partial charge in [0.2, 0.25) is 0 Å². The lowest BCUT2D eigenvalue weighted by Crippen LogP contribution is -2.41. The number of hydrogen-bond donors (Lipinski definition) is 1. The van der Waals surface area contributed by atoms with Crippen LogP contribution >= 0.6 is 23.2 Å². The summed E-state index contributed by atoms with van der Waals surface area (Å²) in [7, 11) is 0. The fraction of sp³-hybridized carbons (Fsp3) is 0.217. The molecule has 30 heavy (non-hydrogen) atoms. The van der Waals surface area contributed by atoms with Crippen LogP contribution in [-0.4, -0.2) is 27.1 Å². The molecule has 1 amide bonds. The van der Waals surface area contributed by atoms with Crippen LogP contribution in [0.15, 0.2) is 66.0 Å². The van der Waals surface area contributed by atoms with Gasteiger partial charge in [0.15, 0.2) is 0 Å². The minimum Gasteiger partial charge on any atom is -0.342 e. The first-order valence-corrected chi connectivity index (χ1v) is 10.6. The number of nitrogens with one attached hydrogen (secondary N) is 1. The van der Waals surface area contributed by atoms with Crippen molar-refractivity contribution in [3.05, 3.63) is 92.7 Å². The molecule has 1 unspecified atom stereocenters. The number of halogens is 2. The highest BCUT2D eigenvalue weighted by Gasteiger charge is 2.36. The van der Waals surface area contributed by atoms with Crippen molar-refractivity contribution >= 4 is 34.9 Å². The fourth-order valence-electron chi connectivity index (χ4n) is 4.33. The van der Waals surface area contributed by atoms with Gasteiger partial charge in [-0.25, -0.2) is 4.68 Å². The molecule has 2 aliphatic heterocycles. The highest BCUT2D eigenvalue weighted by molar-refractivity contribution is 6.33. The van der Waals surface area contributed by atoms with Crippen LogP contribution in [0.2, 0.25) is 10.0 Å². The Hall–Kier alpha value is -2.76. The molecule has 3 heterocycles. The first-order chi connectivity index (χ1) is 14.5. The highest BCUT2D eigenvalue weighted by atomic mass is 35.5. The van der Waals surface area contributed by atoms with Gasteiger partial charge in [0.1, 0.15) is 16.9 Å². The van der Waals surface area contributed by atoms with Gasteiger partial charge >= 0.3 is 0 Å². The Kier molecular flexibility index (Phi) is 4.80. The molecule has 0 saturated carbocycles. The molecule has 1 N–H and O–H groups in total. The van der Waals surface area contributed by atoms with Crippen molar-refractivity contribution in [2.75, 3.05) is 11.9 Å². The number of carbonyl (C=O) groups excluding carboxylic acids is 1. The maximum absolute atomic E-state index is 13.8. The van der Waals surface area contributed by atoms with Crippen molar-refractivity contribution in [3.8, 4) is 0 Å². The van der Waals surface area contributed by atoms with Crippen LogP contribution in [0.4, 0.5) is 5.82 Å². The lowest BCUT2D eigenvalue weighted by Gasteiger charge is -2.35. The van der Waals surface area contributed by atoms with E-state index in [1.54, 1.807) is 10.9 Å². The largest absolute Gasteiger partial charge is 0.342 e. The molecule has 5 rings (SSSR count). The van der Waals surface area contributed by atoms with Crippen LogP contribution in [0, 0.1) is 0 Å². The van der Waals surface area contributed by atoms with E-state index >= 15 is 0 Å². The van der Waals surface area contributed by atoms with Crippen molar-refractivity contribution < 1.29 is 4.79 Å². The van der Waals surface area contributed by atoms with Gasteiger partial charge in [-0.2, -0.15) is 5.10 Å². The minimum atomic E-state index is -0.405. The molecule has 0 bridgehead atoms. The molecule has 0 fully saturated rings. The van der Waals surface area contributed by atoms with E-state index in [-0.39, 0.29) is 5.91 Å². The second-order valence-electron chi connectivity index (χ2n) is 7.65. The third kappa shape index (κ3) is 3.18. The second-order valence-corrected chi connectivity index (χ2v) is 8.50. The monoisotopic (exact) mass is 438 g/mol. The molecule has 2 aliphatic rings. The van der Waals surface area contributed by atoms with E-state index in [2.05, 4.69) is 22.5 Å². The minimum absolute atomic E-state index is 0.00301. The molecular weight excluding hydrogens is 419 g/mol. The van der Waals surface area contributed by atoms with E-state index in [9.17, 15) is 4.79 Å². The summed E-state index contributed by atoms with van der Waals surface area (Å²) in [5.41, 5.74) is 4.83. The van der Waals surface area contributed by atoms with Crippen LogP contribution in [-0.2, 0) is 17.8 Å². The van der Waals surface area contributed by atoms with Crippen LogP contribution in [0.5, 0.6) is 0 Å². The van der Waals surface area contributed by atoms with Gasteiger partial charge in [0.05, 0.1) is 11.8 Å². The summed E-state index contributed by atoms with van der Waals surface area (Å²) in [6, 6.07) is 15.4. The van der Waals surface area contributed by atoms with Crippen LogP contribution in [0.25, 0.3) is 0 Å². The number of fused-ring (bicyclic) bond motifs is 2. The maximum atomic E-state index is 13.8. The molecule has 0 radical (unpaired) electrons. The third-order valence-electron chi connectivity index (χ3n) is 5.79. The molecule has 7 heteroatoms. The Bertz CT molecular complexity index is 1180. The molecular formula is C23H20Cl2N4O. The topological polar surface area (TPSA) is 50.2 Å². The number of anilines is 1. The first kappa shape index (κ1) is 19.2. The first-order valence-electron chi connectivity index (χ1n) is 9.85. The van der Waals surface area contributed by atoms with Crippen molar-refractivity contribution in [2.24, 2.45) is 0 Å². The lowest BCUT2D eigenvalue weighted by atomic mass is 9.93. The van der Waals surface area contributed by atoms with Gasteiger partial charge in [0.25, 0.3) is 5.91 Å². The normalized spacial score (nSPS) is 18.0. The van der Waals surface area contributed by atoms with E-state index in [0.29, 0.717) is 34.5 Å². The average molecular weight is 439 g/mol. The Morgan fingerprint density at radius 1 is 1.13 bits per heavy atom. The molecule has 5 nitrogen and oxygen atoms in total. The smallest absolute Gasteiger partial charge is 0.254 e. The zero-order valence-corrected chi connectivity index (χ0v) is 17.9. The number of carbonyl (C=O) groups is 1. The summed E-state index contributed by atoms with van der Waals surface area (Å²) in [5.74, 6) is 0.677. The van der Waals surface area contributed by atoms with E-state index < -0.39 is 6.04 Å². The van der Waals surface area contributed by atoms with Crippen molar-refractivity contribution in [1.29, 1.82) is 0 Å². The molecule has 1 aromatic heterocycles. The summed E-state index contributed by atoms with van der Waals surface area (Å²) in [6.07, 6.45) is 2.45. The Morgan fingerprint density at radius 3 is 2.73 bits per heavy atom. The van der Waals surface area contributed by atoms with E-state index in [4.69, 9.17) is 23.2 Å². The van der Waals surface area contributed by atoms with Crippen molar-refractivity contribution in [2.45, 2.75) is 25.9 Å². The number of aromatic nitrogens is 2. The molecule has 0 spiro atoms. The summed E-state index contributed by atoms with van der Waals surface area (Å²) in [5, 5.41) is 8.87. The van der Waals surface area contributed by atoms with Crippen molar-refractivity contribution in [1.82, 2.24) is 14.7 Å². The number of amides is 1. The van der Waals surface area contributed by atoms with Gasteiger partial charge < -0.3 is 10.2 Å². The van der Waals surface area contributed by atoms with Gasteiger partial charge in [-0.15, -0.1) is 0 Å². The van der Waals surface area contributed by atoms with E-state index in [0.717, 1.165) is 17.7 Å². The highest BCUT2D eigenvalue weighted by Crippen LogP contribution is 2.40. The quantitative estimate of drug-likeness (QED) is 0.607. The number of benzene rings is 2. The van der Waals surface area contributed by atoms with Gasteiger partial charge in [-0.05, 0) is 42.2 Å². The maximum Gasteiger partial charge on any atom is 0.254 e. The summed E-state index contributed by atoms with van der Waals surface area (Å²) < 4.78 is 1.77. The summed E-state index contributed by atoms with van der Waals surface area (Å²) in [6.45, 7) is 3.19. The Labute approximate surface area is 184 Å². The number of allylic oxidation sites excluding steroid dienone is 1. The van der Waals surface area contributed by atoms with E-state index in [1.807, 2.05) is 48.2 Å². The number of hydrogen-bond acceptors (Lipinski definition) is 3. The third-order valence-corrected chi connectivity index (χ3v) is 6.30. The van der Waals surface area contributed by atoms with Gasteiger partial charge in [0, 0.05) is 23.8 Å². The summed E-state index contributed by atoms with van der Waals surface area (Å²) >= 11 is 12.6. The molecule has 1 atom stereocenters. The lowest BCUT2D eigenvalue weighted by molar-refractivity contribution is -0.128. The molecule has 152 valence electrons. The standard InChI is InChI=1S/C23H20Cl2N4O/c1-14-20(23(30)28-10-9-15-5-2-3-6-17(15)13-28)21(16-7-4-8-18(24)11-16)29-22(27-14)19(25)12-26-29/h2-8,11-12,21,27H,9-10,13H2,1H3. The van der Waals surface area contributed by atoms with E-state index in [1.165, 1.54) is 11.1 Å². The second kappa shape index (κ2) is 7.49.